The van der Waals surface area contributed by atoms with E-state index in [2.05, 4.69) is 15.8 Å². The summed E-state index contributed by atoms with van der Waals surface area (Å²) in [5.41, 5.74) is 1.42. The summed E-state index contributed by atoms with van der Waals surface area (Å²) in [6, 6.07) is 16.9. The number of esters is 1. The molecule has 2 aromatic carbocycles. The maximum atomic E-state index is 12.9. The minimum Gasteiger partial charge on any atom is -0.497 e. The average Bonchev–Trinajstić information content (AvgIpc) is 3.34. The number of carbonyl (C=O) groups is 3. The van der Waals surface area contributed by atoms with E-state index in [1.807, 2.05) is 42.5 Å². The second-order valence-electron chi connectivity index (χ2n) is 9.17. The Morgan fingerprint density at radius 2 is 1.73 bits per heavy atom. The number of amides is 2. The molecule has 2 N–H and O–H groups in total. The highest BCUT2D eigenvalue weighted by Gasteiger charge is 2.27. The number of benzene rings is 2. The first-order valence-corrected chi connectivity index (χ1v) is 11.7. The van der Waals surface area contributed by atoms with Crippen LogP contribution in [0.15, 0.2) is 65.2 Å². The lowest BCUT2D eigenvalue weighted by Gasteiger charge is -2.23. The van der Waals surface area contributed by atoms with E-state index in [1.54, 1.807) is 46.1 Å². The fourth-order valence-electron chi connectivity index (χ4n) is 3.21. The Balaban J connectivity index is 1.61. The minimum atomic E-state index is -1.22. The lowest BCUT2D eigenvalue weighted by atomic mass is 10.1. The zero-order chi connectivity index (χ0) is 26.8. The third-order valence-corrected chi connectivity index (χ3v) is 5.00. The lowest BCUT2D eigenvalue weighted by Crippen LogP contribution is -2.49. The van der Waals surface area contributed by atoms with E-state index >= 15 is 0 Å². The van der Waals surface area contributed by atoms with Gasteiger partial charge in [0.1, 0.15) is 29.7 Å². The predicted molar refractivity (Wildman–Crippen MR) is 134 cm³/mol. The molecule has 196 valence electrons. The molecule has 0 radical (unpaired) electrons. The summed E-state index contributed by atoms with van der Waals surface area (Å²) in [5, 5.41) is 9.13. The molecule has 0 aliphatic carbocycles. The molecule has 0 aliphatic rings. The van der Waals surface area contributed by atoms with Gasteiger partial charge in [0.25, 0.3) is 0 Å². The van der Waals surface area contributed by atoms with Gasteiger partial charge in [-0.25, -0.2) is 4.79 Å². The van der Waals surface area contributed by atoms with Crippen molar-refractivity contribution in [2.24, 2.45) is 0 Å². The van der Waals surface area contributed by atoms with E-state index in [-0.39, 0.29) is 19.6 Å². The number of carbonyl (C=O) groups excluding carboxylic acids is 3. The average molecular weight is 510 g/mol. The van der Waals surface area contributed by atoms with E-state index in [9.17, 15) is 14.4 Å². The summed E-state index contributed by atoms with van der Waals surface area (Å²) in [7, 11) is 1.58. The quantitative estimate of drug-likeness (QED) is 0.393. The predicted octanol–water partition coefficient (Wildman–Crippen LogP) is 3.99. The SMILES string of the molecule is COc1ccc(-c2cc(CNC(=O)[C@H](CC(=O)OCc3ccccc3)NC(=O)OC(C)(C)C)on2)cc1. The first-order chi connectivity index (χ1) is 17.6. The number of ether oxygens (including phenoxy) is 3. The summed E-state index contributed by atoms with van der Waals surface area (Å²) in [6.45, 7) is 5.13. The van der Waals surface area contributed by atoms with Crippen molar-refractivity contribution in [3.05, 3.63) is 72.0 Å². The topological polar surface area (TPSA) is 129 Å². The molecule has 10 nitrogen and oxygen atoms in total. The van der Waals surface area contributed by atoms with Crippen LogP contribution in [0.1, 0.15) is 38.5 Å². The van der Waals surface area contributed by atoms with Gasteiger partial charge < -0.3 is 29.4 Å². The fourth-order valence-corrected chi connectivity index (χ4v) is 3.21. The van der Waals surface area contributed by atoms with Crippen molar-refractivity contribution >= 4 is 18.0 Å². The van der Waals surface area contributed by atoms with Crippen LogP contribution in [-0.4, -0.2) is 41.9 Å². The Labute approximate surface area is 215 Å². The van der Waals surface area contributed by atoms with Crippen molar-refractivity contribution in [2.45, 2.75) is 52.0 Å². The number of nitrogens with one attached hydrogen (secondary N) is 2. The first-order valence-electron chi connectivity index (χ1n) is 11.7. The summed E-state index contributed by atoms with van der Waals surface area (Å²) in [4.78, 5) is 37.7. The van der Waals surface area contributed by atoms with Gasteiger partial charge in [-0.1, -0.05) is 35.5 Å². The maximum Gasteiger partial charge on any atom is 0.408 e. The van der Waals surface area contributed by atoms with Crippen LogP contribution in [0.2, 0.25) is 0 Å². The Morgan fingerprint density at radius 3 is 2.38 bits per heavy atom. The summed E-state index contributed by atoms with van der Waals surface area (Å²) in [6.07, 6.45) is -1.21. The molecule has 10 heteroatoms. The van der Waals surface area contributed by atoms with Crippen LogP contribution in [0.5, 0.6) is 5.75 Å². The van der Waals surface area contributed by atoms with Gasteiger partial charge >= 0.3 is 12.1 Å². The smallest absolute Gasteiger partial charge is 0.408 e. The highest BCUT2D eigenvalue weighted by atomic mass is 16.6. The molecular formula is C27H31N3O7. The summed E-state index contributed by atoms with van der Waals surface area (Å²) >= 11 is 0. The van der Waals surface area contributed by atoms with E-state index in [0.717, 1.165) is 11.1 Å². The normalized spacial score (nSPS) is 11.8. The van der Waals surface area contributed by atoms with Crippen molar-refractivity contribution in [3.8, 4) is 17.0 Å². The van der Waals surface area contributed by atoms with Gasteiger partial charge in [-0.15, -0.1) is 0 Å². The fraction of sp³-hybridized carbons (Fsp3) is 0.333. The highest BCUT2D eigenvalue weighted by Crippen LogP contribution is 2.22. The third kappa shape index (κ3) is 8.99. The molecule has 37 heavy (non-hydrogen) atoms. The number of rotatable bonds is 10. The molecule has 3 aromatic rings. The molecule has 0 bridgehead atoms. The van der Waals surface area contributed by atoms with E-state index < -0.39 is 29.6 Å². The Morgan fingerprint density at radius 1 is 1.03 bits per heavy atom. The van der Waals surface area contributed by atoms with Gasteiger partial charge in [0, 0.05) is 11.6 Å². The maximum absolute atomic E-state index is 12.9. The molecule has 1 atom stereocenters. The summed E-state index contributed by atoms with van der Waals surface area (Å²) < 4.78 is 21.0. The van der Waals surface area contributed by atoms with Crippen LogP contribution in [0.3, 0.4) is 0 Å². The van der Waals surface area contributed by atoms with Crippen LogP contribution in [-0.2, 0) is 32.2 Å². The van der Waals surface area contributed by atoms with Gasteiger partial charge in [0.05, 0.1) is 20.1 Å². The number of alkyl carbamates (subject to hydrolysis) is 1. The molecule has 3 rings (SSSR count). The largest absolute Gasteiger partial charge is 0.497 e. The van der Waals surface area contributed by atoms with Gasteiger partial charge in [0.2, 0.25) is 5.91 Å². The standard InChI is InChI=1S/C27H31N3O7/c1-27(2,3)36-26(33)29-23(15-24(31)35-17-18-8-6-5-7-9-18)25(32)28-16-21-14-22(30-37-21)19-10-12-20(34-4)13-11-19/h5-14,23H,15-17H2,1-4H3,(H,28,32)(H,29,33)/t23-/m0/s1. The number of hydrogen-bond donors (Lipinski definition) is 2. The van der Waals surface area contributed by atoms with Crippen molar-refractivity contribution in [2.75, 3.05) is 7.11 Å². The van der Waals surface area contributed by atoms with Crippen LogP contribution in [0.25, 0.3) is 11.3 Å². The van der Waals surface area contributed by atoms with Gasteiger partial charge in [0.15, 0.2) is 5.76 Å². The van der Waals surface area contributed by atoms with Crippen molar-refractivity contribution in [3.63, 3.8) is 0 Å². The highest BCUT2D eigenvalue weighted by molar-refractivity contribution is 5.89. The molecule has 2 amide bonds. The van der Waals surface area contributed by atoms with E-state index in [1.165, 1.54) is 0 Å². The Bertz CT molecular complexity index is 1180. The molecule has 0 saturated carbocycles. The molecule has 0 fully saturated rings. The zero-order valence-corrected chi connectivity index (χ0v) is 21.3. The first kappa shape index (κ1) is 27.3. The molecular weight excluding hydrogens is 478 g/mol. The molecule has 0 spiro atoms. The van der Waals surface area contributed by atoms with Crippen LogP contribution >= 0.6 is 0 Å². The van der Waals surface area contributed by atoms with Crippen molar-refractivity contribution in [1.82, 2.24) is 15.8 Å². The lowest BCUT2D eigenvalue weighted by molar-refractivity contribution is -0.147. The van der Waals surface area contributed by atoms with E-state index in [0.29, 0.717) is 17.2 Å². The minimum absolute atomic E-state index is 0.00640. The molecule has 0 aliphatic heterocycles. The van der Waals surface area contributed by atoms with Crippen molar-refractivity contribution < 1.29 is 33.1 Å². The number of aromatic nitrogens is 1. The van der Waals surface area contributed by atoms with Gasteiger partial charge in [-0.2, -0.15) is 0 Å². The van der Waals surface area contributed by atoms with Crippen LogP contribution in [0.4, 0.5) is 4.79 Å². The van der Waals surface area contributed by atoms with Crippen molar-refractivity contribution in [1.29, 1.82) is 0 Å². The Kier molecular flexibility index (Phi) is 9.26. The van der Waals surface area contributed by atoms with Crippen LogP contribution < -0.4 is 15.4 Å². The molecule has 1 aromatic heterocycles. The van der Waals surface area contributed by atoms with Gasteiger partial charge in [-0.3, -0.25) is 9.59 Å². The van der Waals surface area contributed by atoms with Gasteiger partial charge in [-0.05, 0) is 50.6 Å². The zero-order valence-electron chi connectivity index (χ0n) is 21.3. The Hall–Kier alpha value is -4.34. The molecule has 0 unspecified atom stereocenters. The number of methoxy groups -OCH3 is 1. The second-order valence-corrected chi connectivity index (χ2v) is 9.17. The number of nitrogens with zero attached hydrogens (tertiary/aromatic N) is 1. The number of hydrogen-bond acceptors (Lipinski definition) is 8. The monoisotopic (exact) mass is 509 g/mol. The molecule has 0 saturated heterocycles. The van der Waals surface area contributed by atoms with E-state index in [4.69, 9.17) is 18.7 Å². The van der Waals surface area contributed by atoms with Crippen LogP contribution in [0, 0.1) is 0 Å². The third-order valence-electron chi connectivity index (χ3n) is 5.00. The second kappa shape index (κ2) is 12.6. The molecule has 1 heterocycles. The summed E-state index contributed by atoms with van der Waals surface area (Å²) in [5.74, 6) is -0.154.